The minimum Gasteiger partial charge on any atom is -0.756 e. The molecule has 3 heterocycles. The number of nitrogens with two attached hydrogens (primary N) is 1. The first-order valence-electron chi connectivity index (χ1n) is 6.85. The van der Waals surface area contributed by atoms with E-state index in [-0.39, 0.29) is 5.82 Å². The lowest BCUT2D eigenvalue weighted by molar-refractivity contribution is -0.745. The van der Waals surface area contributed by atoms with Crippen molar-refractivity contribution in [3.63, 3.8) is 0 Å². The van der Waals surface area contributed by atoms with Crippen LogP contribution in [0, 0.1) is 0 Å². The predicted octanol–water partition coefficient (Wildman–Crippen LogP) is -2.42. The van der Waals surface area contributed by atoms with Crippen LogP contribution in [0.4, 0.5) is 5.82 Å². The van der Waals surface area contributed by atoms with Crippen molar-refractivity contribution < 1.29 is 38.0 Å². The highest BCUT2D eigenvalue weighted by Gasteiger charge is 2.47. The lowest BCUT2D eigenvalue weighted by Crippen LogP contribution is -2.45. The van der Waals surface area contributed by atoms with Crippen molar-refractivity contribution in [3.05, 3.63) is 12.7 Å². The molecule has 2 aromatic rings. The Labute approximate surface area is 135 Å². The van der Waals surface area contributed by atoms with Crippen LogP contribution in [0.2, 0.25) is 0 Å². The normalized spacial score (nSPS) is 29.8. The van der Waals surface area contributed by atoms with Crippen molar-refractivity contribution in [2.75, 3.05) is 19.5 Å². The fourth-order valence-electron chi connectivity index (χ4n) is 2.43. The summed E-state index contributed by atoms with van der Waals surface area (Å²) in [5, 5.41) is 20.3. The van der Waals surface area contributed by atoms with Gasteiger partial charge in [-0.05, 0) is 0 Å². The van der Waals surface area contributed by atoms with Gasteiger partial charge in [0, 0.05) is 7.11 Å². The number of hydrogen-bond acceptors (Lipinski definition) is 10. The van der Waals surface area contributed by atoms with Crippen LogP contribution >= 0.6 is 7.82 Å². The molecule has 0 saturated carbocycles. The summed E-state index contributed by atoms with van der Waals surface area (Å²) in [6.45, 7) is -0.511. The molecule has 5 N–H and O–H groups in total. The van der Waals surface area contributed by atoms with Crippen molar-refractivity contribution in [2.24, 2.45) is 0 Å². The number of nitrogens with zero attached hydrogens (tertiary/aromatic N) is 3. The number of aliphatic hydroxyl groups excluding tert-OH is 2. The lowest BCUT2D eigenvalue weighted by atomic mass is 10.1. The number of aromatic amines is 1. The summed E-state index contributed by atoms with van der Waals surface area (Å²) in [7, 11) is -3.52. The lowest BCUT2D eigenvalue weighted by Gasteiger charge is -2.23. The van der Waals surface area contributed by atoms with Gasteiger partial charge >= 0.3 is 5.65 Å². The number of imidazole rings is 1. The standard InChI is InChI=1S/C11H16N5O7P/c1-21-24(19,20)22-2-5-7(17)8(18)11(23-5)16-4-15-6-9(12)13-3-14-10(6)16/h3-5,7-8,11,17-18H,2H2,1H3,(H3,12,13,14,19,20). The molecule has 0 radical (unpaired) electrons. The molecule has 12 nitrogen and oxygen atoms in total. The zero-order valence-corrected chi connectivity index (χ0v) is 13.4. The van der Waals surface area contributed by atoms with Gasteiger partial charge in [-0.1, -0.05) is 4.98 Å². The van der Waals surface area contributed by atoms with E-state index in [4.69, 9.17) is 10.5 Å². The Kier molecular flexibility index (Phi) is 4.53. The molecule has 1 aliphatic heterocycles. The smallest absolute Gasteiger partial charge is 0.309 e. The van der Waals surface area contributed by atoms with Gasteiger partial charge in [0.05, 0.1) is 6.61 Å². The second-order valence-electron chi connectivity index (χ2n) is 5.11. The summed E-state index contributed by atoms with van der Waals surface area (Å²) >= 11 is 0. The summed E-state index contributed by atoms with van der Waals surface area (Å²) in [6.07, 6.45) is -2.13. The van der Waals surface area contributed by atoms with Crippen LogP contribution < -0.4 is 15.2 Å². The van der Waals surface area contributed by atoms with Crippen molar-refractivity contribution in [1.82, 2.24) is 15.0 Å². The van der Waals surface area contributed by atoms with E-state index in [1.165, 1.54) is 17.2 Å². The fourth-order valence-corrected chi connectivity index (χ4v) is 2.86. The van der Waals surface area contributed by atoms with E-state index in [0.717, 1.165) is 7.11 Å². The Bertz CT molecular complexity index is 785. The van der Waals surface area contributed by atoms with Crippen molar-refractivity contribution in [1.29, 1.82) is 0 Å². The molecule has 1 saturated heterocycles. The van der Waals surface area contributed by atoms with Crippen molar-refractivity contribution >= 4 is 24.8 Å². The third kappa shape index (κ3) is 3.00. The molecule has 132 valence electrons. The molecule has 24 heavy (non-hydrogen) atoms. The highest BCUT2D eigenvalue weighted by molar-refractivity contribution is 7.45. The van der Waals surface area contributed by atoms with E-state index in [1.807, 2.05) is 0 Å². The largest absolute Gasteiger partial charge is 0.756 e. The van der Waals surface area contributed by atoms with Gasteiger partial charge < -0.3 is 34.6 Å². The maximum Gasteiger partial charge on any atom is 0.309 e. The van der Waals surface area contributed by atoms with Crippen LogP contribution in [-0.2, 0) is 18.3 Å². The first-order chi connectivity index (χ1) is 11.3. The Morgan fingerprint density at radius 3 is 2.96 bits per heavy atom. The minimum absolute atomic E-state index is 0.207. The molecule has 0 aliphatic carbocycles. The van der Waals surface area contributed by atoms with Crippen LogP contribution in [-0.4, -0.2) is 57.2 Å². The number of nitrogens with one attached hydrogen (secondary N) is 1. The number of rotatable bonds is 5. The summed E-state index contributed by atoms with van der Waals surface area (Å²) in [5.41, 5.74) is 6.51. The topological polar surface area (TPSA) is 180 Å². The molecular weight excluding hydrogens is 345 g/mol. The molecule has 1 aliphatic rings. The van der Waals surface area contributed by atoms with Gasteiger partial charge in [-0.2, -0.15) is 4.98 Å². The molecule has 13 heteroatoms. The third-order valence-electron chi connectivity index (χ3n) is 3.68. The third-order valence-corrected chi connectivity index (χ3v) is 4.59. The molecule has 2 aromatic heterocycles. The Morgan fingerprint density at radius 1 is 1.50 bits per heavy atom. The Balaban J connectivity index is 1.82. The number of aliphatic hydroxyl groups is 2. The second-order valence-corrected chi connectivity index (χ2v) is 6.63. The number of phosphoric acid groups is 1. The molecular formula is C11H16N5O7P. The predicted molar refractivity (Wildman–Crippen MR) is 75.0 cm³/mol. The summed E-state index contributed by atoms with van der Waals surface area (Å²) in [5.74, 6) is 0.207. The summed E-state index contributed by atoms with van der Waals surface area (Å²) < 4.78 is 26.9. The quantitative estimate of drug-likeness (QED) is 0.330. The Hall–Kier alpha value is -1.66. The van der Waals surface area contributed by atoms with Crippen molar-refractivity contribution in [3.8, 4) is 0 Å². The number of hydrogen-bond donors (Lipinski definition) is 4. The van der Waals surface area contributed by atoms with E-state index in [0.29, 0.717) is 11.2 Å². The molecule has 1 fully saturated rings. The van der Waals surface area contributed by atoms with Gasteiger partial charge in [0.25, 0.3) is 7.82 Å². The number of fused-ring (bicyclic) bond motifs is 1. The molecule has 5 atom stereocenters. The SMILES string of the molecule is COP(=O)([O-])OCC1OC([n+]2c[nH]c3c(N)ncnc32)C(O)C1O. The van der Waals surface area contributed by atoms with Gasteiger partial charge in [0.2, 0.25) is 11.7 Å². The van der Waals surface area contributed by atoms with Crippen LogP contribution in [0.25, 0.3) is 11.2 Å². The highest BCUT2D eigenvalue weighted by atomic mass is 31.2. The number of anilines is 1. The number of nitrogen functional groups attached to an aromatic ring is 1. The van der Waals surface area contributed by atoms with Gasteiger partial charge in [0.15, 0.2) is 18.5 Å². The van der Waals surface area contributed by atoms with Crippen molar-refractivity contribution in [2.45, 2.75) is 24.5 Å². The van der Waals surface area contributed by atoms with E-state index in [1.54, 1.807) is 0 Å². The maximum absolute atomic E-state index is 11.2. The van der Waals surface area contributed by atoms with Gasteiger partial charge in [-0.3, -0.25) is 9.55 Å². The second kappa shape index (κ2) is 6.33. The van der Waals surface area contributed by atoms with Crippen LogP contribution in [0.3, 0.4) is 0 Å². The molecule has 0 spiro atoms. The average Bonchev–Trinajstić information content (AvgIpc) is 3.10. The first kappa shape index (κ1) is 17.2. The highest BCUT2D eigenvalue weighted by Crippen LogP contribution is 2.38. The van der Waals surface area contributed by atoms with Gasteiger partial charge in [0.1, 0.15) is 18.3 Å². The summed E-state index contributed by atoms with van der Waals surface area (Å²) in [4.78, 5) is 21.9. The van der Waals surface area contributed by atoms with E-state index in [2.05, 4.69) is 24.0 Å². The molecule has 3 rings (SSSR count). The zero-order valence-electron chi connectivity index (χ0n) is 12.5. The van der Waals surface area contributed by atoms with Gasteiger partial charge in [-0.25, -0.2) is 4.57 Å². The van der Waals surface area contributed by atoms with Crippen LogP contribution in [0.5, 0.6) is 0 Å². The average molecular weight is 361 g/mol. The molecule has 0 bridgehead atoms. The number of H-pyrrole nitrogens is 1. The molecule has 0 aromatic carbocycles. The molecule has 5 unspecified atom stereocenters. The van der Waals surface area contributed by atoms with E-state index >= 15 is 0 Å². The van der Waals surface area contributed by atoms with E-state index < -0.39 is 39.0 Å². The van der Waals surface area contributed by atoms with E-state index in [9.17, 15) is 19.7 Å². The first-order valence-corrected chi connectivity index (χ1v) is 8.31. The number of phosphoric ester groups is 1. The summed E-state index contributed by atoms with van der Waals surface area (Å²) in [6, 6.07) is 0. The fraction of sp³-hybridized carbons (Fsp3) is 0.545. The monoisotopic (exact) mass is 361 g/mol. The van der Waals surface area contributed by atoms with Crippen LogP contribution in [0.1, 0.15) is 6.23 Å². The number of aromatic nitrogens is 4. The van der Waals surface area contributed by atoms with Gasteiger partial charge in [-0.15, -0.1) is 0 Å². The zero-order chi connectivity index (χ0) is 17.5. The number of ether oxygens (including phenoxy) is 1. The van der Waals surface area contributed by atoms with Crippen LogP contribution in [0.15, 0.2) is 12.7 Å². The Morgan fingerprint density at radius 2 is 2.25 bits per heavy atom. The minimum atomic E-state index is -4.47. The molecule has 0 amide bonds. The maximum atomic E-state index is 11.2.